The molecule has 1 aliphatic heterocycles. The number of nitrogens with one attached hydrogen (secondary N) is 2. The molecule has 7 nitrogen and oxygen atoms in total. The van der Waals surface area contributed by atoms with Crippen LogP contribution in [0.3, 0.4) is 0 Å². The summed E-state index contributed by atoms with van der Waals surface area (Å²) in [5.41, 5.74) is 0.428. The Labute approximate surface area is 207 Å². The van der Waals surface area contributed by atoms with E-state index in [2.05, 4.69) is 10.6 Å². The highest BCUT2D eigenvalue weighted by atomic mass is 35.5. The first-order valence-electron chi connectivity index (χ1n) is 11.2. The van der Waals surface area contributed by atoms with Gasteiger partial charge >= 0.3 is 6.09 Å². The van der Waals surface area contributed by atoms with Crippen molar-refractivity contribution < 1.29 is 27.9 Å². The van der Waals surface area contributed by atoms with Crippen molar-refractivity contribution in [1.82, 2.24) is 10.2 Å². The lowest BCUT2D eigenvalue weighted by Gasteiger charge is -2.49. The summed E-state index contributed by atoms with van der Waals surface area (Å²) in [4.78, 5) is 39.9. The van der Waals surface area contributed by atoms with Gasteiger partial charge in [0.05, 0.1) is 29.6 Å². The molecule has 1 saturated heterocycles. The lowest BCUT2D eigenvalue weighted by molar-refractivity contribution is -0.127. The number of alkyl halides is 1. The van der Waals surface area contributed by atoms with Crippen molar-refractivity contribution in [3.8, 4) is 0 Å². The average molecular weight is 508 g/mol. The van der Waals surface area contributed by atoms with Gasteiger partial charge in [0.2, 0.25) is 5.91 Å². The van der Waals surface area contributed by atoms with Gasteiger partial charge in [0, 0.05) is 26.6 Å². The topological polar surface area (TPSA) is 87.7 Å². The third kappa shape index (κ3) is 5.40. The molecular weight excluding hydrogens is 480 g/mol. The number of benzene rings is 2. The Morgan fingerprint density at radius 1 is 1.20 bits per heavy atom. The summed E-state index contributed by atoms with van der Waals surface area (Å²) in [6.45, 7) is 3.32. The minimum Gasteiger partial charge on any atom is -0.449 e. The van der Waals surface area contributed by atoms with Crippen LogP contribution in [0.1, 0.15) is 47.7 Å². The molecule has 2 aromatic rings. The summed E-state index contributed by atoms with van der Waals surface area (Å²) in [6, 6.07) is 9.54. The first-order valence-corrected chi connectivity index (χ1v) is 11.6. The number of carbonyl (C=O) groups excluding carboxylic acids is 3. The maximum absolute atomic E-state index is 14.3. The van der Waals surface area contributed by atoms with E-state index in [4.69, 9.17) is 16.3 Å². The van der Waals surface area contributed by atoms with Crippen molar-refractivity contribution in [2.75, 3.05) is 38.7 Å². The summed E-state index contributed by atoms with van der Waals surface area (Å²) < 4.78 is 31.7. The summed E-state index contributed by atoms with van der Waals surface area (Å²) in [6.07, 6.45) is -0.557. The predicted octanol–water partition coefficient (Wildman–Crippen LogP) is 4.65. The fourth-order valence-corrected chi connectivity index (χ4v) is 4.29. The number of carbonyl (C=O) groups is 3. The Hall–Kier alpha value is -3.20. The quantitative estimate of drug-likeness (QED) is 0.509. The Morgan fingerprint density at radius 2 is 1.89 bits per heavy atom. The number of anilines is 1. The molecule has 0 bridgehead atoms. The second kappa shape index (κ2) is 11.0. The third-order valence-corrected chi connectivity index (χ3v) is 6.29. The fourth-order valence-electron chi connectivity index (χ4n) is 4.13. The molecule has 1 fully saturated rings. The van der Waals surface area contributed by atoms with Gasteiger partial charge in [-0.15, -0.1) is 0 Å². The molecule has 0 unspecified atom stereocenters. The van der Waals surface area contributed by atoms with Crippen LogP contribution in [0, 0.1) is 5.82 Å². The molecule has 0 saturated carbocycles. The minimum atomic E-state index is -1.17. The van der Waals surface area contributed by atoms with Crippen LogP contribution in [0.25, 0.3) is 0 Å². The van der Waals surface area contributed by atoms with Crippen LogP contribution >= 0.6 is 11.6 Å². The molecule has 2 aromatic carbocycles. The van der Waals surface area contributed by atoms with Crippen LogP contribution in [-0.2, 0) is 14.9 Å². The highest BCUT2D eigenvalue weighted by Crippen LogP contribution is 2.40. The van der Waals surface area contributed by atoms with Gasteiger partial charge in [-0.1, -0.05) is 49.7 Å². The standard InChI is InChI=1S/C25H28ClF2N3O4/c1-15(2)16-7-4-5-8-18(16)25(13-31(14-25)24(34)35-10-6-9-27)23(33)30-21-12-20(28)19(26)11-17(21)22(32)29-3/h4-5,7-8,11-12,15H,6,9-10,13-14H2,1-3H3,(H,29,32)(H,30,33). The molecule has 0 aromatic heterocycles. The van der Waals surface area contributed by atoms with Crippen LogP contribution in [-0.4, -0.2) is 56.2 Å². The van der Waals surface area contributed by atoms with Gasteiger partial charge in [-0.05, 0) is 29.2 Å². The SMILES string of the molecule is CNC(=O)c1cc(Cl)c(F)cc1NC(=O)C1(c2ccccc2C(C)C)CN(C(=O)OCCCF)C1. The van der Waals surface area contributed by atoms with Crippen molar-refractivity contribution in [2.24, 2.45) is 0 Å². The number of halogens is 3. The molecule has 0 aliphatic carbocycles. The number of rotatable bonds is 8. The van der Waals surface area contributed by atoms with E-state index in [0.717, 1.165) is 23.3 Å². The zero-order valence-electron chi connectivity index (χ0n) is 19.8. The van der Waals surface area contributed by atoms with Crippen molar-refractivity contribution in [2.45, 2.75) is 31.6 Å². The first-order chi connectivity index (χ1) is 16.6. The Bertz CT molecular complexity index is 1120. The zero-order valence-corrected chi connectivity index (χ0v) is 20.5. The predicted molar refractivity (Wildman–Crippen MR) is 129 cm³/mol. The number of hydrogen-bond donors (Lipinski definition) is 2. The van der Waals surface area contributed by atoms with Crippen LogP contribution in [0.4, 0.5) is 19.3 Å². The molecule has 1 aliphatic rings. The molecular formula is C25H28ClF2N3O4. The van der Waals surface area contributed by atoms with E-state index in [1.165, 1.54) is 11.9 Å². The molecule has 0 spiro atoms. The lowest BCUT2D eigenvalue weighted by Crippen LogP contribution is -2.66. The van der Waals surface area contributed by atoms with E-state index >= 15 is 0 Å². The number of likely N-dealkylation sites (tertiary alicyclic amines) is 1. The number of nitrogens with zero attached hydrogens (tertiary/aromatic N) is 1. The Kier molecular flexibility index (Phi) is 8.32. The molecule has 3 rings (SSSR count). The van der Waals surface area contributed by atoms with Crippen LogP contribution in [0.2, 0.25) is 5.02 Å². The molecule has 2 N–H and O–H groups in total. The summed E-state index contributed by atoms with van der Waals surface area (Å²) >= 11 is 5.86. The van der Waals surface area contributed by atoms with E-state index < -0.39 is 35.8 Å². The van der Waals surface area contributed by atoms with E-state index in [0.29, 0.717) is 0 Å². The van der Waals surface area contributed by atoms with E-state index in [-0.39, 0.29) is 48.3 Å². The monoisotopic (exact) mass is 507 g/mol. The molecule has 10 heteroatoms. The molecule has 188 valence electrons. The van der Waals surface area contributed by atoms with Gasteiger partial charge in [0.25, 0.3) is 5.91 Å². The van der Waals surface area contributed by atoms with E-state index in [1.807, 2.05) is 32.0 Å². The van der Waals surface area contributed by atoms with Crippen molar-refractivity contribution in [3.05, 3.63) is 63.9 Å². The highest BCUT2D eigenvalue weighted by Gasteiger charge is 2.54. The number of amides is 3. The number of hydrogen-bond acceptors (Lipinski definition) is 4. The smallest absolute Gasteiger partial charge is 0.409 e. The van der Waals surface area contributed by atoms with Crippen LogP contribution < -0.4 is 10.6 Å². The summed E-state index contributed by atoms with van der Waals surface area (Å²) in [7, 11) is 1.41. The fraction of sp³-hybridized carbons (Fsp3) is 0.400. The third-order valence-electron chi connectivity index (χ3n) is 6.00. The van der Waals surface area contributed by atoms with Gasteiger partial charge in [-0.25, -0.2) is 9.18 Å². The summed E-state index contributed by atoms with van der Waals surface area (Å²) in [5, 5.41) is 4.87. The van der Waals surface area contributed by atoms with Crippen molar-refractivity contribution >= 4 is 35.2 Å². The van der Waals surface area contributed by atoms with Gasteiger partial charge in [-0.3, -0.25) is 14.0 Å². The minimum absolute atomic E-state index is 0.00126. The average Bonchev–Trinajstić information content (AvgIpc) is 2.80. The Morgan fingerprint density at radius 3 is 2.51 bits per heavy atom. The second-order valence-corrected chi connectivity index (χ2v) is 9.09. The summed E-state index contributed by atoms with van der Waals surface area (Å²) in [5.74, 6) is -1.77. The molecule has 1 heterocycles. The maximum atomic E-state index is 14.3. The largest absolute Gasteiger partial charge is 0.449 e. The molecule has 35 heavy (non-hydrogen) atoms. The van der Waals surface area contributed by atoms with E-state index in [9.17, 15) is 23.2 Å². The van der Waals surface area contributed by atoms with Gasteiger partial charge < -0.3 is 20.3 Å². The van der Waals surface area contributed by atoms with Gasteiger partial charge in [0.1, 0.15) is 11.2 Å². The van der Waals surface area contributed by atoms with E-state index in [1.54, 1.807) is 6.07 Å². The van der Waals surface area contributed by atoms with Crippen molar-refractivity contribution in [3.63, 3.8) is 0 Å². The Balaban J connectivity index is 1.98. The van der Waals surface area contributed by atoms with Crippen LogP contribution in [0.5, 0.6) is 0 Å². The van der Waals surface area contributed by atoms with Crippen LogP contribution in [0.15, 0.2) is 36.4 Å². The highest BCUT2D eigenvalue weighted by molar-refractivity contribution is 6.31. The normalized spacial score (nSPS) is 14.3. The van der Waals surface area contributed by atoms with Gasteiger partial charge in [0.15, 0.2) is 0 Å². The zero-order chi connectivity index (χ0) is 25.8. The first kappa shape index (κ1) is 26.4. The second-order valence-electron chi connectivity index (χ2n) is 8.68. The maximum Gasteiger partial charge on any atom is 0.409 e. The lowest BCUT2D eigenvalue weighted by atomic mass is 9.70. The molecule has 0 radical (unpaired) electrons. The molecule has 3 amide bonds. The number of ether oxygens (including phenoxy) is 1. The molecule has 0 atom stereocenters. The van der Waals surface area contributed by atoms with Crippen molar-refractivity contribution in [1.29, 1.82) is 0 Å². The van der Waals surface area contributed by atoms with Gasteiger partial charge in [-0.2, -0.15) is 0 Å².